The first-order chi connectivity index (χ1) is 11.4. The van der Waals surface area contributed by atoms with Crippen molar-refractivity contribution >= 4 is 0 Å². The minimum Gasteiger partial charge on any atom is -0.464 e. The minimum absolute atomic E-state index is 0.545. The van der Waals surface area contributed by atoms with Gasteiger partial charge in [0.2, 0.25) is 11.7 Å². The van der Waals surface area contributed by atoms with Gasteiger partial charge >= 0.3 is 0 Å². The molecule has 0 fully saturated rings. The number of nitrogens with zero attached hydrogens (tertiary/aromatic N) is 3. The first-order valence-corrected chi connectivity index (χ1v) is 7.25. The number of rotatable bonds is 4. The number of furan rings is 1. The van der Waals surface area contributed by atoms with E-state index in [9.17, 15) is 0 Å². The number of benzene rings is 1. The molecule has 5 nitrogen and oxygen atoms in total. The van der Waals surface area contributed by atoms with Crippen LogP contribution >= 0.6 is 0 Å². The molecule has 3 heterocycles. The van der Waals surface area contributed by atoms with Gasteiger partial charge in [-0.15, -0.1) is 0 Å². The SMILES string of the molecule is c1cncc(-c2noc(Cc3ccccc3-c3ccco3)n2)c1. The third-order valence-electron chi connectivity index (χ3n) is 3.53. The van der Waals surface area contributed by atoms with Crippen LogP contribution in [-0.2, 0) is 6.42 Å². The number of hydrogen-bond acceptors (Lipinski definition) is 5. The maximum atomic E-state index is 5.50. The van der Waals surface area contributed by atoms with Crippen molar-refractivity contribution in [1.82, 2.24) is 15.1 Å². The van der Waals surface area contributed by atoms with Gasteiger partial charge in [0, 0.05) is 23.5 Å². The first-order valence-electron chi connectivity index (χ1n) is 7.25. The average Bonchev–Trinajstić information content (AvgIpc) is 3.28. The minimum atomic E-state index is 0.545. The molecule has 4 rings (SSSR count). The molecule has 3 aromatic heterocycles. The van der Waals surface area contributed by atoms with Crippen molar-refractivity contribution in [3.05, 3.63) is 78.6 Å². The summed E-state index contributed by atoms with van der Waals surface area (Å²) in [5.74, 6) is 1.93. The summed E-state index contributed by atoms with van der Waals surface area (Å²) in [4.78, 5) is 8.52. The van der Waals surface area contributed by atoms with Gasteiger partial charge in [-0.1, -0.05) is 29.4 Å². The molecular weight excluding hydrogens is 290 g/mol. The van der Waals surface area contributed by atoms with E-state index >= 15 is 0 Å². The van der Waals surface area contributed by atoms with Crippen molar-refractivity contribution in [2.75, 3.05) is 0 Å². The van der Waals surface area contributed by atoms with Crippen LogP contribution in [0.3, 0.4) is 0 Å². The Bertz CT molecular complexity index is 899. The molecule has 5 heteroatoms. The number of pyridine rings is 1. The highest BCUT2D eigenvalue weighted by Gasteiger charge is 2.13. The van der Waals surface area contributed by atoms with Gasteiger partial charge in [-0.2, -0.15) is 4.98 Å². The van der Waals surface area contributed by atoms with Crippen LogP contribution in [0.15, 0.2) is 76.1 Å². The second kappa shape index (κ2) is 5.88. The molecule has 0 aliphatic rings. The Kier molecular flexibility index (Phi) is 3.44. The Morgan fingerprint density at radius 2 is 1.91 bits per heavy atom. The molecule has 0 radical (unpaired) electrons. The van der Waals surface area contributed by atoms with E-state index in [4.69, 9.17) is 8.94 Å². The zero-order valence-electron chi connectivity index (χ0n) is 12.2. The van der Waals surface area contributed by atoms with Crippen LogP contribution in [0.4, 0.5) is 0 Å². The third kappa shape index (κ3) is 2.76. The Morgan fingerprint density at radius 1 is 0.957 bits per heavy atom. The maximum Gasteiger partial charge on any atom is 0.231 e. The van der Waals surface area contributed by atoms with Crippen molar-refractivity contribution in [2.24, 2.45) is 0 Å². The molecule has 112 valence electrons. The Morgan fingerprint density at radius 3 is 2.74 bits per heavy atom. The molecule has 1 aromatic carbocycles. The smallest absolute Gasteiger partial charge is 0.231 e. The molecule has 0 atom stereocenters. The molecule has 23 heavy (non-hydrogen) atoms. The fraction of sp³-hybridized carbons (Fsp3) is 0.0556. The molecule has 0 saturated heterocycles. The van der Waals surface area contributed by atoms with Gasteiger partial charge in [-0.25, -0.2) is 0 Å². The van der Waals surface area contributed by atoms with Crippen LogP contribution in [-0.4, -0.2) is 15.1 Å². The van der Waals surface area contributed by atoms with E-state index in [0.717, 1.165) is 22.5 Å². The summed E-state index contributed by atoms with van der Waals surface area (Å²) < 4.78 is 10.9. The zero-order chi connectivity index (χ0) is 15.5. The van der Waals surface area contributed by atoms with Gasteiger partial charge < -0.3 is 8.94 Å². The topological polar surface area (TPSA) is 65.0 Å². The van der Waals surface area contributed by atoms with Gasteiger partial charge in [-0.3, -0.25) is 4.98 Å². The second-order valence-corrected chi connectivity index (χ2v) is 5.06. The van der Waals surface area contributed by atoms with Gasteiger partial charge in [0.15, 0.2) is 0 Å². The van der Waals surface area contributed by atoms with Crippen molar-refractivity contribution in [3.63, 3.8) is 0 Å². The Labute approximate surface area is 132 Å². The normalized spacial score (nSPS) is 10.8. The summed E-state index contributed by atoms with van der Waals surface area (Å²) in [6.07, 6.45) is 5.64. The molecular formula is C18H13N3O2. The highest BCUT2D eigenvalue weighted by Crippen LogP contribution is 2.26. The van der Waals surface area contributed by atoms with Crippen molar-refractivity contribution in [2.45, 2.75) is 6.42 Å². The fourth-order valence-electron chi connectivity index (χ4n) is 2.45. The largest absolute Gasteiger partial charge is 0.464 e. The summed E-state index contributed by atoms with van der Waals surface area (Å²) in [7, 11) is 0. The zero-order valence-corrected chi connectivity index (χ0v) is 12.2. The van der Waals surface area contributed by atoms with Crippen LogP contribution in [0.1, 0.15) is 11.5 Å². The predicted molar refractivity (Wildman–Crippen MR) is 84.5 cm³/mol. The molecule has 0 saturated carbocycles. The highest BCUT2D eigenvalue weighted by atomic mass is 16.5. The van der Waals surface area contributed by atoms with Crippen molar-refractivity contribution < 1.29 is 8.94 Å². The first kappa shape index (κ1) is 13.5. The molecule has 0 aliphatic carbocycles. The van der Waals surface area contributed by atoms with Crippen molar-refractivity contribution in [1.29, 1.82) is 0 Å². The van der Waals surface area contributed by atoms with Crippen LogP contribution in [0, 0.1) is 0 Å². The van der Waals surface area contributed by atoms with E-state index in [1.54, 1.807) is 18.7 Å². The lowest BCUT2D eigenvalue weighted by molar-refractivity contribution is 0.385. The highest BCUT2D eigenvalue weighted by molar-refractivity contribution is 5.62. The van der Waals surface area contributed by atoms with E-state index in [-0.39, 0.29) is 0 Å². The lowest BCUT2D eigenvalue weighted by Gasteiger charge is -2.04. The predicted octanol–water partition coefficient (Wildman–Crippen LogP) is 3.98. The molecule has 0 N–H and O–H groups in total. The average molecular weight is 303 g/mol. The van der Waals surface area contributed by atoms with Gasteiger partial charge in [0.25, 0.3) is 0 Å². The number of hydrogen-bond donors (Lipinski definition) is 0. The Balaban J connectivity index is 1.64. The van der Waals surface area contributed by atoms with E-state index in [2.05, 4.69) is 15.1 Å². The summed E-state index contributed by atoms with van der Waals surface area (Å²) in [5.41, 5.74) is 2.93. The second-order valence-electron chi connectivity index (χ2n) is 5.06. The summed E-state index contributed by atoms with van der Waals surface area (Å²) >= 11 is 0. The standard InChI is InChI=1S/C18H13N3O2/c1-2-7-15(16-8-4-10-22-16)13(5-1)11-17-20-18(21-23-17)14-6-3-9-19-12-14/h1-10,12H,11H2. The summed E-state index contributed by atoms with van der Waals surface area (Å²) in [5, 5.41) is 4.03. The summed E-state index contributed by atoms with van der Waals surface area (Å²) in [6.45, 7) is 0. The lowest BCUT2D eigenvalue weighted by Crippen LogP contribution is -1.92. The molecule has 0 aliphatic heterocycles. The van der Waals surface area contributed by atoms with E-state index in [0.29, 0.717) is 18.1 Å². The van der Waals surface area contributed by atoms with Gasteiger partial charge in [0.1, 0.15) is 5.76 Å². The molecule has 4 aromatic rings. The number of aromatic nitrogens is 3. The van der Waals surface area contributed by atoms with Gasteiger partial charge in [-0.05, 0) is 29.8 Å². The van der Waals surface area contributed by atoms with Crippen LogP contribution in [0.2, 0.25) is 0 Å². The van der Waals surface area contributed by atoms with E-state index in [1.807, 2.05) is 48.5 Å². The molecule has 0 bridgehead atoms. The van der Waals surface area contributed by atoms with Crippen LogP contribution in [0.5, 0.6) is 0 Å². The molecule has 0 unspecified atom stereocenters. The summed E-state index contributed by atoms with van der Waals surface area (Å²) in [6, 6.07) is 15.6. The quantitative estimate of drug-likeness (QED) is 0.570. The van der Waals surface area contributed by atoms with Crippen LogP contribution in [0.25, 0.3) is 22.7 Å². The van der Waals surface area contributed by atoms with E-state index in [1.165, 1.54) is 0 Å². The van der Waals surface area contributed by atoms with Crippen LogP contribution < -0.4 is 0 Å². The monoisotopic (exact) mass is 303 g/mol. The molecule has 0 amide bonds. The molecule has 0 spiro atoms. The van der Waals surface area contributed by atoms with Crippen molar-refractivity contribution in [3.8, 4) is 22.7 Å². The fourth-order valence-corrected chi connectivity index (χ4v) is 2.45. The Hall–Kier alpha value is -3.21. The lowest BCUT2D eigenvalue weighted by atomic mass is 10.0. The third-order valence-corrected chi connectivity index (χ3v) is 3.53. The van der Waals surface area contributed by atoms with Gasteiger partial charge in [0.05, 0.1) is 12.7 Å². The maximum absolute atomic E-state index is 5.50. The van der Waals surface area contributed by atoms with E-state index < -0.39 is 0 Å².